The predicted octanol–water partition coefficient (Wildman–Crippen LogP) is 3.85. The van der Waals surface area contributed by atoms with Crippen LogP contribution in [0.4, 0.5) is 0 Å². The molecule has 0 aliphatic carbocycles. The van der Waals surface area contributed by atoms with Crippen LogP contribution in [0, 0.1) is 0 Å². The van der Waals surface area contributed by atoms with Crippen molar-refractivity contribution in [1.82, 2.24) is 19.8 Å². The molecule has 0 spiro atoms. The van der Waals surface area contributed by atoms with Gasteiger partial charge in [-0.25, -0.2) is 4.68 Å². The lowest BCUT2D eigenvalue weighted by Crippen LogP contribution is -2.37. The molecule has 0 radical (unpaired) electrons. The fourth-order valence-corrected chi connectivity index (χ4v) is 4.19. The van der Waals surface area contributed by atoms with Crippen molar-refractivity contribution < 1.29 is 4.79 Å². The number of carbonyl (C=O) groups is 1. The van der Waals surface area contributed by atoms with Crippen molar-refractivity contribution in [2.24, 2.45) is 0 Å². The molecule has 3 rings (SSSR count). The average molecular weight is 414 g/mol. The second-order valence-electron chi connectivity index (χ2n) is 6.30. The number of benzene rings is 1. The third-order valence-corrected chi connectivity index (χ3v) is 5.99. The van der Waals surface area contributed by atoms with E-state index in [4.69, 9.17) is 29.0 Å². The second-order valence-corrected chi connectivity index (χ2v) is 8.45. The number of halogens is 2. The van der Waals surface area contributed by atoms with Crippen LogP contribution in [0.5, 0.6) is 0 Å². The van der Waals surface area contributed by atoms with E-state index in [9.17, 15) is 4.79 Å². The van der Waals surface area contributed by atoms with Crippen molar-refractivity contribution in [3.05, 3.63) is 28.2 Å². The Bertz CT molecular complexity index is 789. The predicted molar refractivity (Wildman–Crippen MR) is 106 cm³/mol. The Hall–Kier alpha value is -1.44. The molecule has 2 aromatic rings. The summed E-state index contributed by atoms with van der Waals surface area (Å²) in [5.74, 6) is 6.68. The van der Waals surface area contributed by atoms with E-state index in [-0.39, 0.29) is 11.2 Å². The molecule has 0 unspecified atom stereocenters. The first-order valence-corrected chi connectivity index (χ1v) is 10.2. The Kier molecular flexibility index (Phi) is 6.32. The highest BCUT2D eigenvalue weighted by atomic mass is 35.5. The van der Waals surface area contributed by atoms with Gasteiger partial charge in [-0.2, -0.15) is 0 Å². The Morgan fingerprint density at radius 1 is 1.19 bits per heavy atom. The topological polar surface area (TPSA) is 77.0 Å². The van der Waals surface area contributed by atoms with Crippen molar-refractivity contribution in [3.8, 4) is 11.4 Å². The van der Waals surface area contributed by atoms with Crippen LogP contribution in [0.3, 0.4) is 0 Å². The lowest BCUT2D eigenvalue weighted by molar-refractivity contribution is -0.130. The zero-order valence-electron chi connectivity index (χ0n) is 14.5. The largest absolute Gasteiger partial charge is 0.342 e. The van der Waals surface area contributed by atoms with Crippen LogP contribution in [-0.2, 0) is 4.79 Å². The zero-order chi connectivity index (χ0) is 18.7. The number of thioether (sulfide) groups is 1. The molecule has 0 bridgehead atoms. The summed E-state index contributed by atoms with van der Waals surface area (Å²) in [6.07, 6.45) is 4.50. The number of hydrogen-bond acceptors (Lipinski definition) is 5. The maximum atomic E-state index is 12.7. The van der Waals surface area contributed by atoms with Gasteiger partial charge < -0.3 is 10.7 Å². The maximum absolute atomic E-state index is 12.7. The van der Waals surface area contributed by atoms with E-state index in [0.717, 1.165) is 25.9 Å². The van der Waals surface area contributed by atoms with Gasteiger partial charge in [0.15, 0.2) is 5.82 Å². The lowest BCUT2D eigenvalue weighted by Gasteiger charge is -2.23. The van der Waals surface area contributed by atoms with E-state index in [2.05, 4.69) is 10.2 Å². The molecule has 1 aromatic heterocycles. The molecule has 1 amide bonds. The van der Waals surface area contributed by atoms with Crippen molar-refractivity contribution in [2.75, 3.05) is 18.9 Å². The second kappa shape index (κ2) is 8.50. The highest BCUT2D eigenvalue weighted by molar-refractivity contribution is 8.00. The molecule has 1 saturated heterocycles. The van der Waals surface area contributed by atoms with Gasteiger partial charge in [0.2, 0.25) is 11.1 Å². The van der Waals surface area contributed by atoms with Gasteiger partial charge in [0.25, 0.3) is 0 Å². The van der Waals surface area contributed by atoms with Crippen molar-refractivity contribution in [2.45, 2.75) is 43.0 Å². The SMILES string of the molecule is C[C@@H](Sc1nnc(-c2cc(Cl)ccc2Cl)n1N)C(=O)N1CCCCCC1. The molecule has 6 nitrogen and oxygen atoms in total. The number of hydrogen-bond donors (Lipinski definition) is 1. The number of nitrogens with zero attached hydrogens (tertiary/aromatic N) is 4. The Labute approximate surface area is 167 Å². The molecule has 1 aliphatic heterocycles. The molecule has 0 saturated carbocycles. The van der Waals surface area contributed by atoms with Crippen molar-refractivity contribution in [3.63, 3.8) is 0 Å². The van der Waals surface area contributed by atoms with Gasteiger partial charge in [0.1, 0.15) is 0 Å². The van der Waals surface area contributed by atoms with Gasteiger partial charge in [-0.05, 0) is 38.0 Å². The highest BCUT2D eigenvalue weighted by Gasteiger charge is 2.25. The first-order valence-electron chi connectivity index (χ1n) is 8.58. The molecule has 2 N–H and O–H groups in total. The minimum Gasteiger partial charge on any atom is -0.342 e. The average Bonchev–Trinajstić information content (AvgIpc) is 2.83. The molecule has 2 heterocycles. The smallest absolute Gasteiger partial charge is 0.235 e. The third kappa shape index (κ3) is 4.27. The van der Waals surface area contributed by atoms with Crippen molar-refractivity contribution >= 4 is 40.9 Å². The normalized spacial score (nSPS) is 16.3. The molecular formula is C17H21Cl2N5OS. The first kappa shape index (κ1) is 19.3. The fraction of sp³-hybridized carbons (Fsp3) is 0.471. The summed E-state index contributed by atoms with van der Waals surface area (Å²) in [7, 11) is 0. The molecule has 1 aromatic carbocycles. The summed E-state index contributed by atoms with van der Waals surface area (Å²) in [6.45, 7) is 3.52. The third-order valence-electron chi connectivity index (χ3n) is 4.38. The summed E-state index contributed by atoms with van der Waals surface area (Å²) in [5, 5.41) is 9.45. The van der Waals surface area contributed by atoms with E-state index < -0.39 is 0 Å². The molecule has 26 heavy (non-hydrogen) atoms. The summed E-state index contributed by atoms with van der Waals surface area (Å²) < 4.78 is 1.36. The number of likely N-dealkylation sites (tertiary alicyclic amines) is 1. The Morgan fingerprint density at radius 2 is 1.88 bits per heavy atom. The first-order chi connectivity index (χ1) is 12.5. The van der Waals surface area contributed by atoms with Crippen LogP contribution in [0.15, 0.2) is 23.4 Å². The quantitative estimate of drug-likeness (QED) is 0.608. The summed E-state index contributed by atoms with van der Waals surface area (Å²) in [5.41, 5.74) is 0.604. The van der Waals surface area contributed by atoms with Gasteiger partial charge in [0.05, 0.1) is 10.3 Å². The number of carbonyl (C=O) groups excluding carboxylic acids is 1. The molecule has 1 atom stereocenters. The van der Waals surface area contributed by atoms with E-state index >= 15 is 0 Å². The van der Waals surface area contributed by atoms with E-state index in [1.165, 1.54) is 29.3 Å². The summed E-state index contributed by atoms with van der Waals surface area (Å²) in [4.78, 5) is 14.7. The number of nitrogen functional groups attached to an aromatic ring is 1. The molecule has 9 heteroatoms. The van der Waals surface area contributed by atoms with Crippen LogP contribution < -0.4 is 5.84 Å². The zero-order valence-corrected chi connectivity index (χ0v) is 16.8. The molecular weight excluding hydrogens is 393 g/mol. The number of aromatic nitrogens is 3. The molecule has 1 aliphatic rings. The van der Waals surface area contributed by atoms with Crippen LogP contribution in [0.2, 0.25) is 10.0 Å². The summed E-state index contributed by atoms with van der Waals surface area (Å²) in [6, 6.07) is 5.08. The Balaban J connectivity index is 1.75. The van der Waals surface area contributed by atoms with Gasteiger partial charge in [-0.3, -0.25) is 4.79 Å². The van der Waals surface area contributed by atoms with E-state index in [1.54, 1.807) is 18.2 Å². The molecule has 1 fully saturated rings. The van der Waals surface area contributed by atoms with Crippen LogP contribution in [0.25, 0.3) is 11.4 Å². The van der Waals surface area contributed by atoms with Gasteiger partial charge in [-0.1, -0.05) is 47.8 Å². The van der Waals surface area contributed by atoms with E-state index in [0.29, 0.717) is 26.6 Å². The van der Waals surface area contributed by atoms with Crippen LogP contribution in [-0.4, -0.2) is 44.0 Å². The monoisotopic (exact) mass is 413 g/mol. The van der Waals surface area contributed by atoms with E-state index in [1.807, 2.05) is 11.8 Å². The number of rotatable bonds is 4. The minimum absolute atomic E-state index is 0.113. The molecule has 140 valence electrons. The van der Waals surface area contributed by atoms with Gasteiger partial charge >= 0.3 is 0 Å². The van der Waals surface area contributed by atoms with Crippen LogP contribution >= 0.6 is 35.0 Å². The highest BCUT2D eigenvalue weighted by Crippen LogP contribution is 2.31. The maximum Gasteiger partial charge on any atom is 0.235 e. The minimum atomic E-state index is -0.290. The Morgan fingerprint density at radius 3 is 2.58 bits per heavy atom. The van der Waals surface area contributed by atoms with Gasteiger partial charge in [-0.15, -0.1) is 10.2 Å². The summed E-state index contributed by atoms with van der Waals surface area (Å²) >= 11 is 13.6. The number of nitrogens with two attached hydrogens (primary N) is 1. The standard InChI is InChI=1S/C17H21Cl2N5OS/c1-11(16(25)23-8-4-2-3-5-9-23)26-17-22-21-15(24(17)20)13-10-12(18)6-7-14(13)19/h6-7,10-11H,2-5,8-9,20H2,1H3/t11-/m1/s1. The van der Waals surface area contributed by atoms with Crippen LogP contribution in [0.1, 0.15) is 32.6 Å². The number of amides is 1. The van der Waals surface area contributed by atoms with Gasteiger partial charge in [0, 0.05) is 23.7 Å². The van der Waals surface area contributed by atoms with Crippen molar-refractivity contribution in [1.29, 1.82) is 0 Å². The fourth-order valence-electron chi connectivity index (χ4n) is 2.97. The lowest BCUT2D eigenvalue weighted by atomic mass is 10.2.